The SMILES string of the molecule is O=C1C[C@@H](Nc2ccc3c(c2)CCC3)C(=O)N1Cc1ccccc1. The minimum Gasteiger partial charge on any atom is -0.373 e. The Morgan fingerprint density at radius 3 is 2.62 bits per heavy atom. The molecule has 24 heavy (non-hydrogen) atoms. The summed E-state index contributed by atoms with van der Waals surface area (Å²) in [5.74, 6) is -0.244. The van der Waals surface area contributed by atoms with Gasteiger partial charge in [0.1, 0.15) is 6.04 Å². The Labute approximate surface area is 141 Å². The van der Waals surface area contributed by atoms with E-state index < -0.39 is 6.04 Å². The maximum atomic E-state index is 12.6. The Balaban J connectivity index is 1.47. The summed E-state index contributed by atoms with van der Waals surface area (Å²) in [6, 6.07) is 15.4. The lowest BCUT2D eigenvalue weighted by atomic mass is 10.1. The minimum absolute atomic E-state index is 0.109. The monoisotopic (exact) mass is 320 g/mol. The summed E-state index contributed by atoms with van der Waals surface area (Å²) < 4.78 is 0. The average molecular weight is 320 g/mol. The number of benzene rings is 2. The largest absolute Gasteiger partial charge is 0.373 e. The number of carbonyl (C=O) groups excluding carboxylic acids is 2. The molecule has 0 bridgehead atoms. The first-order valence-corrected chi connectivity index (χ1v) is 8.47. The lowest BCUT2D eigenvalue weighted by Crippen LogP contribution is -2.34. The first kappa shape index (κ1) is 14.9. The standard InChI is InChI=1S/C20H20N2O2/c23-19-12-18(20(24)22(19)13-14-5-2-1-3-6-14)21-17-10-9-15-7-4-8-16(15)11-17/h1-3,5-6,9-11,18,21H,4,7-8,12-13H2/t18-/m1/s1. The molecule has 1 aliphatic heterocycles. The number of hydrogen-bond donors (Lipinski definition) is 1. The number of nitrogens with zero attached hydrogens (tertiary/aromatic N) is 1. The molecule has 0 saturated carbocycles. The number of amides is 2. The van der Waals surface area contributed by atoms with Crippen molar-refractivity contribution in [3.8, 4) is 0 Å². The zero-order valence-electron chi connectivity index (χ0n) is 13.5. The third-order valence-electron chi connectivity index (χ3n) is 4.87. The van der Waals surface area contributed by atoms with Crippen LogP contribution in [0.4, 0.5) is 5.69 Å². The topological polar surface area (TPSA) is 49.4 Å². The van der Waals surface area contributed by atoms with E-state index in [1.54, 1.807) is 0 Å². The highest BCUT2D eigenvalue weighted by atomic mass is 16.2. The van der Waals surface area contributed by atoms with Crippen LogP contribution in [-0.4, -0.2) is 22.8 Å². The fourth-order valence-electron chi connectivity index (χ4n) is 3.59. The molecule has 4 rings (SSSR count). The fourth-order valence-corrected chi connectivity index (χ4v) is 3.59. The Hall–Kier alpha value is -2.62. The van der Waals surface area contributed by atoms with Crippen LogP contribution in [0.1, 0.15) is 29.5 Å². The maximum absolute atomic E-state index is 12.6. The first-order valence-electron chi connectivity index (χ1n) is 8.47. The lowest BCUT2D eigenvalue weighted by molar-refractivity contribution is -0.139. The van der Waals surface area contributed by atoms with Gasteiger partial charge in [0.2, 0.25) is 5.91 Å². The molecule has 2 aromatic rings. The van der Waals surface area contributed by atoms with Crippen molar-refractivity contribution < 1.29 is 9.59 Å². The van der Waals surface area contributed by atoms with Gasteiger partial charge in [-0.15, -0.1) is 0 Å². The van der Waals surface area contributed by atoms with Crippen molar-refractivity contribution in [2.45, 2.75) is 38.3 Å². The normalized spacial score (nSPS) is 19.7. The molecule has 1 atom stereocenters. The molecule has 1 saturated heterocycles. The zero-order chi connectivity index (χ0) is 16.5. The molecule has 4 heteroatoms. The second kappa shape index (κ2) is 6.11. The van der Waals surface area contributed by atoms with Crippen molar-refractivity contribution in [1.82, 2.24) is 4.90 Å². The molecule has 1 N–H and O–H groups in total. The number of carbonyl (C=O) groups is 2. The predicted molar refractivity (Wildman–Crippen MR) is 92.5 cm³/mol. The van der Waals surface area contributed by atoms with E-state index in [1.807, 2.05) is 36.4 Å². The van der Waals surface area contributed by atoms with Gasteiger partial charge in [0.15, 0.2) is 0 Å². The van der Waals surface area contributed by atoms with Gasteiger partial charge in [0.25, 0.3) is 5.91 Å². The van der Waals surface area contributed by atoms with Crippen LogP contribution in [0.15, 0.2) is 48.5 Å². The maximum Gasteiger partial charge on any atom is 0.252 e. The van der Waals surface area contributed by atoms with Gasteiger partial charge >= 0.3 is 0 Å². The van der Waals surface area contributed by atoms with E-state index in [9.17, 15) is 9.59 Å². The third-order valence-corrected chi connectivity index (χ3v) is 4.87. The number of fused-ring (bicyclic) bond motifs is 1. The van der Waals surface area contributed by atoms with Crippen LogP contribution in [-0.2, 0) is 29.0 Å². The molecule has 2 aromatic carbocycles. The third kappa shape index (κ3) is 2.80. The van der Waals surface area contributed by atoms with Crippen molar-refractivity contribution in [1.29, 1.82) is 0 Å². The molecule has 122 valence electrons. The molecular formula is C20H20N2O2. The second-order valence-electron chi connectivity index (χ2n) is 6.54. The van der Waals surface area contributed by atoms with Gasteiger partial charge in [-0.25, -0.2) is 0 Å². The number of nitrogens with one attached hydrogen (secondary N) is 1. The molecule has 1 aliphatic carbocycles. The number of hydrogen-bond acceptors (Lipinski definition) is 3. The molecule has 0 spiro atoms. The summed E-state index contributed by atoms with van der Waals surface area (Å²) in [4.78, 5) is 26.2. The molecule has 1 heterocycles. The molecule has 0 aromatic heterocycles. The molecule has 2 amide bonds. The molecule has 2 aliphatic rings. The van der Waals surface area contributed by atoms with Gasteiger partial charge in [-0.1, -0.05) is 36.4 Å². The van der Waals surface area contributed by atoms with Crippen LogP contribution in [0.5, 0.6) is 0 Å². The minimum atomic E-state index is -0.458. The van der Waals surface area contributed by atoms with Crippen molar-refractivity contribution in [2.75, 3.05) is 5.32 Å². The van der Waals surface area contributed by atoms with Gasteiger partial charge in [0.05, 0.1) is 13.0 Å². The quantitative estimate of drug-likeness (QED) is 0.881. The van der Waals surface area contributed by atoms with Crippen LogP contribution in [0.2, 0.25) is 0 Å². The molecule has 1 fully saturated rings. The van der Waals surface area contributed by atoms with Crippen LogP contribution >= 0.6 is 0 Å². The number of imide groups is 1. The molecule has 4 nitrogen and oxygen atoms in total. The summed E-state index contributed by atoms with van der Waals surface area (Å²) >= 11 is 0. The van der Waals surface area contributed by atoms with Crippen LogP contribution in [0, 0.1) is 0 Å². The fraction of sp³-hybridized carbons (Fsp3) is 0.300. The van der Waals surface area contributed by atoms with Gasteiger partial charge in [-0.3, -0.25) is 14.5 Å². The Kier molecular flexibility index (Phi) is 3.81. The van der Waals surface area contributed by atoms with E-state index in [-0.39, 0.29) is 18.2 Å². The Morgan fingerprint density at radius 1 is 1.00 bits per heavy atom. The number of rotatable bonds is 4. The smallest absolute Gasteiger partial charge is 0.252 e. The Morgan fingerprint density at radius 2 is 1.79 bits per heavy atom. The number of aryl methyl sites for hydroxylation is 2. The molecular weight excluding hydrogens is 300 g/mol. The van der Waals surface area contributed by atoms with Crippen molar-refractivity contribution >= 4 is 17.5 Å². The van der Waals surface area contributed by atoms with Crippen LogP contribution in [0.25, 0.3) is 0 Å². The van der Waals surface area contributed by atoms with E-state index in [1.165, 1.54) is 22.4 Å². The lowest BCUT2D eigenvalue weighted by Gasteiger charge is -2.16. The summed E-state index contributed by atoms with van der Waals surface area (Å²) in [6.07, 6.45) is 3.66. The van der Waals surface area contributed by atoms with E-state index in [2.05, 4.69) is 17.4 Å². The van der Waals surface area contributed by atoms with Gasteiger partial charge in [0, 0.05) is 5.69 Å². The van der Waals surface area contributed by atoms with Gasteiger partial charge < -0.3 is 5.32 Å². The average Bonchev–Trinajstić information content (AvgIpc) is 3.16. The Bertz CT molecular complexity index is 785. The van der Waals surface area contributed by atoms with E-state index in [0.717, 1.165) is 24.1 Å². The van der Waals surface area contributed by atoms with E-state index in [0.29, 0.717) is 6.54 Å². The summed E-state index contributed by atoms with van der Waals surface area (Å²) in [5.41, 5.74) is 4.67. The van der Waals surface area contributed by atoms with Gasteiger partial charge in [-0.2, -0.15) is 0 Å². The predicted octanol–water partition coefficient (Wildman–Crippen LogP) is 2.91. The zero-order valence-corrected chi connectivity index (χ0v) is 13.5. The van der Waals surface area contributed by atoms with E-state index in [4.69, 9.17) is 0 Å². The summed E-state index contributed by atoms with van der Waals surface area (Å²) in [7, 11) is 0. The van der Waals surface area contributed by atoms with Gasteiger partial charge in [-0.05, 0) is 48.1 Å². The highest BCUT2D eigenvalue weighted by molar-refractivity contribution is 6.06. The van der Waals surface area contributed by atoms with E-state index >= 15 is 0 Å². The number of anilines is 1. The van der Waals surface area contributed by atoms with Crippen LogP contribution < -0.4 is 5.32 Å². The molecule has 0 radical (unpaired) electrons. The first-order chi connectivity index (χ1) is 11.7. The van der Waals surface area contributed by atoms with Crippen molar-refractivity contribution in [3.63, 3.8) is 0 Å². The van der Waals surface area contributed by atoms with Crippen molar-refractivity contribution in [2.24, 2.45) is 0 Å². The van der Waals surface area contributed by atoms with Crippen molar-refractivity contribution in [3.05, 3.63) is 65.2 Å². The molecule has 0 unspecified atom stereocenters. The number of likely N-dealkylation sites (tertiary alicyclic amines) is 1. The van der Waals surface area contributed by atoms with Crippen LogP contribution in [0.3, 0.4) is 0 Å². The summed E-state index contributed by atoms with van der Waals surface area (Å²) in [5, 5.41) is 3.25. The summed E-state index contributed by atoms with van der Waals surface area (Å²) in [6.45, 7) is 0.348. The highest BCUT2D eigenvalue weighted by Crippen LogP contribution is 2.27. The highest BCUT2D eigenvalue weighted by Gasteiger charge is 2.38. The second-order valence-corrected chi connectivity index (χ2v) is 6.54.